The van der Waals surface area contributed by atoms with Crippen molar-refractivity contribution in [1.82, 2.24) is 0 Å². The summed E-state index contributed by atoms with van der Waals surface area (Å²) in [7, 11) is -6.27. The van der Waals surface area contributed by atoms with Crippen LogP contribution in [0.1, 0.15) is 0 Å². The second-order valence-corrected chi connectivity index (χ2v) is 3.23. The van der Waals surface area contributed by atoms with E-state index in [2.05, 4.69) is 11.3 Å². The highest BCUT2D eigenvalue weighted by atomic mass is 32.3. The minimum Gasteiger partial charge on any atom is -0.456 e. The second kappa shape index (κ2) is 3.77. The smallest absolute Gasteiger partial charge is 0.456 e. The average molecular weight is 220 g/mol. The number of hydrogen-bond donors (Lipinski definition) is 0. The van der Waals surface area contributed by atoms with E-state index in [1.807, 2.05) is 0 Å². The Morgan fingerprint density at radius 2 is 2.00 bits per heavy atom. The summed E-state index contributed by atoms with van der Waals surface area (Å²) in [5, 5.41) is -5.16. The number of alkyl halides is 2. The maximum absolute atomic E-state index is 12.2. The molecule has 0 fully saturated rings. The van der Waals surface area contributed by atoms with Gasteiger partial charge in [0.2, 0.25) is 0 Å². The first kappa shape index (κ1) is 11.9. The van der Waals surface area contributed by atoms with Crippen molar-refractivity contribution in [3.63, 3.8) is 0 Å². The summed E-state index contributed by atoms with van der Waals surface area (Å²) in [6.45, 7) is 2.39. The van der Waals surface area contributed by atoms with Gasteiger partial charge in [-0.3, -0.25) is 0 Å². The molecule has 4 nitrogen and oxygen atoms in total. The van der Waals surface area contributed by atoms with Crippen LogP contribution >= 0.6 is 0 Å². The Hall–Kier alpha value is -1.05. The minimum absolute atomic E-state index is 0.621. The van der Waals surface area contributed by atoms with Crippen molar-refractivity contribution in [2.24, 2.45) is 0 Å². The van der Waals surface area contributed by atoms with Gasteiger partial charge in [0.1, 0.15) is 6.61 Å². The molecule has 0 heterocycles. The molecule has 0 N–H and O–H groups in total. The summed E-state index contributed by atoms with van der Waals surface area (Å²) < 4.78 is 59.2. The van der Waals surface area contributed by atoms with E-state index in [-0.39, 0.29) is 0 Å². The van der Waals surface area contributed by atoms with E-state index in [0.29, 0.717) is 0 Å². The molecule has 0 saturated carbocycles. The van der Waals surface area contributed by atoms with Crippen molar-refractivity contribution in [3.8, 4) is 0 Å². The van der Waals surface area contributed by atoms with E-state index >= 15 is 0 Å². The van der Waals surface area contributed by atoms with Crippen LogP contribution in [0.25, 0.3) is 0 Å². The Labute approximate surface area is 72.2 Å². The van der Waals surface area contributed by atoms with E-state index in [9.17, 15) is 25.9 Å². The van der Waals surface area contributed by atoms with E-state index in [1.54, 1.807) is 0 Å². The fraction of sp³-hybridized carbons (Fsp3) is 0.400. The first-order chi connectivity index (χ1) is 5.73. The van der Waals surface area contributed by atoms with Gasteiger partial charge in [0.25, 0.3) is 0 Å². The highest BCUT2D eigenvalue weighted by Gasteiger charge is 2.55. The standard InChI is InChI=1S/C5H5F3O4S/c1-2-3-12-4(9)5(6,7)13(8,10)11/h2H,1,3H2/i4+2. The van der Waals surface area contributed by atoms with Crippen molar-refractivity contribution >= 4 is 16.2 Å². The summed E-state index contributed by atoms with van der Waals surface area (Å²) in [6, 6.07) is 0. The summed E-state index contributed by atoms with van der Waals surface area (Å²) in [5.41, 5.74) is 0. The second-order valence-electron chi connectivity index (χ2n) is 1.84. The van der Waals surface area contributed by atoms with Gasteiger partial charge in [-0.15, -0.1) is 0 Å². The third-order valence-corrected chi connectivity index (χ3v) is 1.66. The van der Waals surface area contributed by atoms with Crippen LogP contribution in [0, 0.1) is 0 Å². The van der Waals surface area contributed by atoms with Crippen LogP contribution < -0.4 is 0 Å². The summed E-state index contributed by atoms with van der Waals surface area (Å²) in [4.78, 5) is 10.2. The lowest BCUT2D eigenvalue weighted by atomic mass is 10.7. The highest BCUT2D eigenvalue weighted by molar-refractivity contribution is 7.88. The largest absolute Gasteiger partial charge is 0.470 e. The van der Waals surface area contributed by atoms with Crippen LogP contribution in [0.4, 0.5) is 12.7 Å². The molecule has 0 atom stereocenters. The van der Waals surface area contributed by atoms with Gasteiger partial charge in [-0.05, 0) is 0 Å². The van der Waals surface area contributed by atoms with E-state index < -0.39 is 28.1 Å². The molecule has 0 unspecified atom stereocenters. The van der Waals surface area contributed by atoms with Crippen molar-refractivity contribution in [1.29, 1.82) is 0 Å². The molecule has 0 bridgehead atoms. The molecular formula is C5H5F3O4S. The lowest BCUT2D eigenvalue weighted by Crippen LogP contribution is -2.36. The van der Waals surface area contributed by atoms with Crippen LogP contribution in [0.5, 0.6) is 0 Å². The highest BCUT2D eigenvalue weighted by Crippen LogP contribution is 2.24. The molecule has 8 heteroatoms. The molecule has 0 aromatic heterocycles. The molecule has 13 heavy (non-hydrogen) atoms. The molecule has 0 aliphatic heterocycles. The van der Waals surface area contributed by atoms with Gasteiger partial charge in [-0.1, -0.05) is 16.5 Å². The van der Waals surface area contributed by atoms with Crippen LogP contribution in [-0.4, -0.2) is 26.2 Å². The first-order valence-electron chi connectivity index (χ1n) is 2.83. The topological polar surface area (TPSA) is 60.4 Å². The number of esters is 1. The molecule has 0 rings (SSSR count). The maximum Gasteiger partial charge on any atom is 0.470 e. The molecular weight excluding hydrogens is 215 g/mol. The zero-order valence-corrected chi connectivity index (χ0v) is 6.98. The SMILES string of the molecule is C=CCO[14C](=O)C(F)(F)S(=O)(=O)F. The Bertz CT molecular complexity index is 308. The molecule has 0 aromatic rings. The average Bonchev–Trinajstić information content (AvgIpc) is 1.97. The van der Waals surface area contributed by atoms with Crippen molar-refractivity contribution in [3.05, 3.63) is 12.7 Å². The van der Waals surface area contributed by atoms with E-state index in [1.165, 1.54) is 0 Å². The summed E-state index contributed by atoms with van der Waals surface area (Å²) in [5.74, 6) is -2.46. The van der Waals surface area contributed by atoms with Gasteiger partial charge in [0, 0.05) is 0 Å². The third-order valence-electron chi connectivity index (χ3n) is 0.876. The number of hydrogen-bond acceptors (Lipinski definition) is 4. The predicted octanol–water partition coefficient (Wildman–Crippen LogP) is 0.608. The molecule has 0 saturated heterocycles. The quantitative estimate of drug-likeness (QED) is 0.395. The lowest BCUT2D eigenvalue weighted by molar-refractivity contribution is -0.159. The Kier molecular flexibility index (Phi) is 3.47. The third kappa shape index (κ3) is 2.72. The van der Waals surface area contributed by atoms with Crippen LogP contribution in [0.15, 0.2) is 12.7 Å². The van der Waals surface area contributed by atoms with Crippen molar-refractivity contribution in [2.75, 3.05) is 6.61 Å². The molecule has 0 amide bonds. The zero-order chi connectivity index (χ0) is 10.7. The Morgan fingerprint density at radius 1 is 1.54 bits per heavy atom. The summed E-state index contributed by atoms with van der Waals surface area (Å²) >= 11 is 0. The number of carbonyl (C=O) groups excluding carboxylic acids is 1. The predicted molar refractivity (Wildman–Crippen MR) is 36.1 cm³/mol. The van der Waals surface area contributed by atoms with Gasteiger partial charge in [-0.2, -0.15) is 17.2 Å². The molecule has 0 aromatic carbocycles. The number of carbonyl (C=O) groups is 1. The minimum atomic E-state index is -6.27. The van der Waals surface area contributed by atoms with Crippen molar-refractivity contribution < 1.29 is 30.6 Å². The van der Waals surface area contributed by atoms with Gasteiger partial charge < -0.3 is 4.74 Å². The van der Waals surface area contributed by atoms with Gasteiger partial charge in [-0.25, -0.2) is 4.79 Å². The molecule has 76 valence electrons. The molecule has 0 aliphatic carbocycles. The van der Waals surface area contributed by atoms with Crippen LogP contribution in [0.2, 0.25) is 0 Å². The first-order valence-corrected chi connectivity index (χ1v) is 4.22. The lowest BCUT2D eigenvalue weighted by Gasteiger charge is -2.08. The normalized spacial score (nSPS) is 12.2. The molecule has 0 aliphatic rings. The van der Waals surface area contributed by atoms with Gasteiger partial charge in [0.05, 0.1) is 0 Å². The number of ether oxygens (including phenoxy) is 1. The van der Waals surface area contributed by atoms with Gasteiger partial charge >= 0.3 is 21.4 Å². The summed E-state index contributed by atoms with van der Waals surface area (Å²) in [6.07, 6.45) is 0.929. The molecule has 0 spiro atoms. The fourth-order valence-corrected chi connectivity index (χ4v) is 0.576. The fourth-order valence-electron chi connectivity index (χ4n) is 0.318. The number of halogens is 3. The van der Waals surface area contributed by atoms with Gasteiger partial charge in [0.15, 0.2) is 0 Å². The monoisotopic (exact) mass is 220 g/mol. The Balaban J connectivity index is 4.65. The van der Waals surface area contributed by atoms with Crippen LogP contribution in [0.3, 0.4) is 0 Å². The molecule has 0 radical (unpaired) electrons. The van der Waals surface area contributed by atoms with E-state index in [4.69, 9.17) is 0 Å². The van der Waals surface area contributed by atoms with Crippen molar-refractivity contribution in [2.45, 2.75) is 5.25 Å². The van der Waals surface area contributed by atoms with E-state index in [0.717, 1.165) is 6.08 Å². The van der Waals surface area contributed by atoms with Crippen LogP contribution in [-0.2, 0) is 19.8 Å². The maximum atomic E-state index is 12.2. The zero-order valence-electron chi connectivity index (χ0n) is 6.17. The number of rotatable bonds is 4. The Morgan fingerprint density at radius 3 is 2.31 bits per heavy atom.